The van der Waals surface area contributed by atoms with Crippen LogP contribution in [0.3, 0.4) is 0 Å². The van der Waals surface area contributed by atoms with Gasteiger partial charge in [-0.3, -0.25) is 5.32 Å². The molecular weight excluding hydrogens is 360 g/mol. The van der Waals surface area contributed by atoms with Crippen molar-refractivity contribution in [3.63, 3.8) is 0 Å². The molecule has 6 heteroatoms. The van der Waals surface area contributed by atoms with E-state index < -0.39 is 6.09 Å². The number of amides is 1. The molecule has 0 saturated heterocycles. The van der Waals surface area contributed by atoms with Gasteiger partial charge in [0.2, 0.25) is 5.76 Å². The van der Waals surface area contributed by atoms with Crippen LogP contribution in [0.5, 0.6) is 0 Å². The van der Waals surface area contributed by atoms with Crippen molar-refractivity contribution < 1.29 is 13.9 Å². The third kappa shape index (κ3) is 3.35. The molecule has 1 aromatic heterocycles. The number of nitrogens with zero attached hydrogens (tertiary/aromatic N) is 1. The highest BCUT2D eigenvalue weighted by atomic mass is 79.9. The van der Waals surface area contributed by atoms with E-state index in [0.29, 0.717) is 16.7 Å². The van der Waals surface area contributed by atoms with Gasteiger partial charge in [0.15, 0.2) is 0 Å². The quantitative estimate of drug-likeness (QED) is 0.717. The maximum atomic E-state index is 12.0. The molecule has 0 spiro atoms. The highest BCUT2D eigenvalue weighted by molar-refractivity contribution is 9.10. The van der Waals surface area contributed by atoms with Crippen LogP contribution in [-0.2, 0) is 11.3 Å². The number of halogens is 1. The second-order valence-corrected chi connectivity index (χ2v) is 5.66. The maximum absolute atomic E-state index is 12.0. The number of hydrogen-bond acceptors (Lipinski definition) is 4. The number of carbonyl (C=O) groups is 1. The van der Waals surface area contributed by atoms with Crippen LogP contribution in [-0.4, -0.2) is 6.09 Å². The lowest BCUT2D eigenvalue weighted by atomic mass is 10.2. The average molecular weight is 371 g/mol. The monoisotopic (exact) mass is 370 g/mol. The number of ether oxygens (including phenoxy) is 1. The van der Waals surface area contributed by atoms with Gasteiger partial charge in [0, 0.05) is 9.86 Å². The smallest absolute Gasteiger partial charge is 0.412 e. The number of anilines is 1. The topological polar surface area (TPSA) is 75.3 Å². The Bertz CT molecular complexity index is 897. The molecule has 23 heavy (non-hydrogen) atoms. The molecule has 0 bridgehead atoms. The highest BCUT2D eigenvalue weighted by Gasteiger charge is 2.17. The van der Waals surface area contributed by atoms with E-state index in [4.69, 9.17) is 14.4 Å². The molecule has 0 aliphatic rings. The second-order valence-electron chi connectivity index (χ2n) is 4.75. The van der Waals surface area contributed by atoms with E-state index in [2.05, 4.69) is 21.2 Å². The Morgan fingerprint density at radius 1 is 1.26 bits per heavy atom. The highest BCUT2D eigenvalue weighted by Crippen LogP contribution is 2.32. The molecule has 3 aromatic rings. The van der Waals surface area contributed by atoms with Gasteiger partial charge < -0.3 is 9.15 Å². The van der Waals surface area contributed by atoms with Crippen LogP contribution in [0.2, 0.25) is 0 Å². The van der Waals surface area contributed by atoms with Gasteiger partial charge in [-0.2, -0.15) is 5.26 Å². The molecule has 0 aliphatic heterocycles. The molecular formula is C17H11BrN2O3. The number of fused-ring (bicyclic) bond motifs is 1. The number of nitriles is 1. The Balaban J connectivity index is 1.78. The van der Waals surface area contributed by atoms with E-state index in [1.165, 1.54) is 0 Å². The first-order valence-corrected chi connectivity index (χ1v) is 7.56. The predicted molar refractivity (Wildman–Crippen MR) is 88.9 cm³/mol. The minimum absolute atomic E-state index is 0.0368. The predicted octanol–water partition coefficient (Wildman–Crippen LogP) is 4.82. The molecule has 1 amide bonds. The molecule has 1 heterocycles. The first-order chi connectivity index (χ1) is 11.2. The van der Waals surface area contributed by atoms with E-state index in [0.717, 1.165) is 10.0 Å². The van der Waals surface area contributed by atoms with Crippen molar-refractivity contribution in [3.8, 4) is 6.07 Å². The first kappa shape index (κ1) is 15.1. The zero-order valence-corrected chi connectivity index (χ0v) is 13.5. The van der Waals surface area contributed by atoms with Crippen LogP contribution < -0.4 is 5.32 Å². The average Bonchev–Trinajstić information content (AvgIpc) is 2.90. The van der Waals surface area contributed by atoms with Crippen LogP contribution in [0, 0.1) is 11.3 Å². The summed E-state index contributed by atoms with van der Waals surface area (Å²) in [6.07, 6.45) is -0.643. The molecule has 0 aliphatic carbocycles. The van der Waals surface area contributed by atoms with Gasteiger partial charge in [0.05, 0.1) is 0 Å². The van der Waals surface area contributed by atoms with E-state index in [1.807, 2.05) is 36.4 Å². The molecule has 0 radical (unpaired) electrons. The van der Waals surface area contributed by atoms with Gasteiger partial charge >= 0.3 is 6.09 Å². The van der Waals surface area contributed by atoms with Crippen LogP contribution in [0.4, 0.5) is 10.5 Å². The van der Waals surface area contributed by atoms with Crippen LogP contribution >= 0.6 is 15.9 Å². The molecule has 0 atom stereocenters. The Morgan fingerprint density at radius 2 is 2.04 bits per heavy atom. The molecule has 0 unspecified atom stereocenters. The summed E-state index contributed by atoms with van der Waals surface area (Å²) in [5.41, 5.74) is 1.70. The summed E-state index contributed by atoms with van der Waals surface area (Å²) < 4.78 is 11.4. The number of furan rings is 1. The first-order valence-electron chi connectivity index (χ1n) is 6.77. The number of nitrogens with one attached hydrogen (secondary N) is 1. The maximum Gasteiger partial charge on any atom is 0.412 e. The number of benzene rings is 2. The fraction of sp³-hybridized carbons (Fsp3) is 0.0588. The molecule has 2 aromatic carbocycles. The zero-order chi connectivity index (χ0) is 16.2. The van der Waals surface area contributed by atoms with Gasteiger partial charge in [0.25, 0.3) is 0 Å². The van der Waals surface area contributed by atoms with E-state index in [-0.39, 0.29) is 12.4 Å². The number of hydrogen-bond donors (Lipinski definition) is 1. The number of rotatable bonds is 3. The molecule has 1 N–H and O–H groups in total. The van der Waals surface area contributed by atoms with E-state index in [9.17, 15) is 4.79 Å². The van der Waals surface area contributed by atoms with Crippen LogP contribution in [0.15, 0.2) is 57.4 Å². The minimum atomic E-state index is -0.643. The SMILES string of the molecule is N#Cc1oc2cc(Br)ccc2c1NC(=O)OCc1ccccc1. The lowest BCUT2D eigenvalue weighted by Gasteiger charge is -2.06. The second kappa shape index (κ2) is 6.55. The largest absolute Gasteiger partial charge is 0.444 e. The molecule has 5 nitrogen and oxygen atoms in total. The van der Waals surface area contributed by atoms with Crippen molar-refractivity contribution in [2.24, 2.45) is 0 Å². The fourth-order valence-electron chi connectivity index (χ4n) is 2.13. The number of carbonyl (C=O) groups excluding carboxylic acids is 1. The lowest BCUT2D eigenvalue weighted by Crippen LogP contribution is -2.13. The van der Waals surface area contributed by atoms with Crippen molar-refractivity contribution in [1.82, 2.24) is 0 Å². The summed E-state index contributed by atoms with van der Waals surface area (Å²) in [7, 11) is 0. The van der Waals surface area contributed by atoms with Crippen molar-refractivity contribution in [2.75, 3.05) is 5.32 Å². The normalized spacial score (nSPS) is 10.3. The summed E-state index contributed by atoms with van der Waals surface area (Å²) in [6, 6.07) is 16.6. The van der Waals surface area contributed by atoms with E-state index in [1.54, 1.807) is 18.2 Å². The summed E-state index contributed by atoms with van der Waals surface area (Å²) in [5, 5.41) is 12.4. The van der Waals surface area contributed by atoms with Crippen molar-refractivity contribution >= 4 is 38.7 Å². The summed E-state index contributed by atoms with van der Waals surface area (Å²) in [5.74, 6) is 0.0368. The fourth-order valence-corrected chi connectivity index (χ4v) is 2.47. The summed E-state index contributed by atoms with van der Waals surface area (Å²) in [6.45, 7) is 0.149. The molecule has 114 valence electrons. The Labute approximate surface area is 140 Å². The van der Waals surface area contributed by atoms with Gasteiger partial charge in [-0.25, -0.2) is 4.79 Å². The van der Waals surface area contributed by atoms with Gasteiger partial charge in [0.1, 0.15) is 23.9 Å². The molecule has 0 saturated carbocycles. The van der Waals surface area contributed by atoms with Gasteiger partial charge in [-0.1, -0.05) is 46.3 Å². The van der Waals surface area contributed by atoms with Gasteiger partial charge in [-0.05, 0) is 23.8 Å². The summed E-state index contributed by atoms with van der Waals surface area (Å²) in [4.78, 5) is 12.0. The Kier molecular flexibility index (Phi) is 4.31. The minimum Gasteiger partial charge on any atom is -0.444 e. The van der Waals surface area contributed by atoms with E-state index >= 15 is 0 Å². The van der Waals surface area contributed by atoms with Crippen LogP contribution in [0.25, 0.3) is 11.0 Å². The standard InChI is InChI=1S/C17H11BrN2O3/c18-12-6-7-13-14(8-12)23-15(9-19)16(13)20-17(21)22-10-11-4-2-1-3-5-11/h1-8H,10H2,(H,20,21). The third-order valence-corrected chi connectivity index (χ3v) is 3.69. The Morgan fingerprint density at radius 3 is 2.78 bits per heavy atom. The molecule has 3 rings (SSSR count). The third-order valence-electron chi connectivity index (χ3n) is 3.19. The summed E-state index contributed by atoms with van der Waals surface area (Å²) >= 11 is 3.33. The van der Waals surface area contributed by atoms with Crippen molar-refractivity contribution in [2.45, 2.75) is 6.61 Å². The van der Waals surface area contributed by atoms with Crippen molar-refractivity contribution in [1.29, 1.82) is 5.26 Å². The van der Waals surface area contributed by atoms with Crippen molar-refractivity contribution in [3.05, 3.63) is 64.3 Å². The lowest BCUT2D eigenvalue weighted by molar-refractivity contribution is 0.155. The molecule has 0 fully saturated rings. The van der Waals surface area contributed by atoms with Gasteiger partial charge in [-0.15, -0.1) is 0 Å². The Hall–Kier alpha value is -2.78. The van der Waals surface area contributed by atoms with Crippen LogP contribution in [0.1, 0.15) is 11.3 Å². The zero-order valence-electron chi connectivity index (χ0n) is 11.9.